The Balaban J connectivity index is 1.75. The minimum absolute atomic E-state index is 0.0339. The van der Waals surface area contributed by atoms with E-state index >= 15 is 0 Å². The molecule has 0 radical (unpaired) electrons. The highest BCUT2D eigenvalue weighted by atomic mass is 16.3. The largest absolute Gasteiger partial charge is 0.382 e. The SMILES string of the molecule is C=C1C[C@H]2[C@@H](CC[C@@]3(C)[C@H]2CC[C@@]3(O)C(C)=O)[C@]2(C)CCC(=O)C=C12. The number of aliphatic hydroxyl groups is 1. The van der Waals surface area contributed by atoms with Crippen molar-refractivity contribution < 1.29 is 14.7 Å². The van der Waals surface area contributed by atoms with Gasteiger partial charge in [0.25, 0.3) is 0 Å². The van der Waals surface area contributed by atoms with Gasteiger partial charge in [0, 0.05) is 11.8 Å². The quantitative estimate of drug-likeness (QED) is 0.783. The minimum atomic E-state index is -1.16. The van der Waals surface area contributed by atoms with Crippen LogP contribution in [0.3, 0.4) is 0 Å². The molecule has 136 valence electrons. The monoisotopic (exact) mass is 342 g/mol. The molecule has 3 fully saturated rings. The average Bonchev–Trinajstić information content (AvgIpc) is 2.83. The van der Waals surface area contributed by atoms with Gasteiger partial charge in [-0.2, -0.15) is 0 Å². The summed E-state index contributed by atoms with van der Waals surface area (Å²) < 4.78 is 0. The number of carbonyl (C=O) groups excluding carboxylic acids is 2. The van der Waals surface area contributed by atoms with Crippen LogP contribution >= 0.6 is 0 Å². The van der Waals surface area contributed by atoms with Gasteiger partial charge in [-0.25, -0.2) is 0 Å². The highest BCUT2D eigenvalue weighted by Gasteiger charge is 2.65. The molecule has 4 rings (SSSR count). The predicted molar refractivity (Wildman–Crippen MR) is 96.9 cm³/mol. The first-order valence-electron chi connectivity index (χ1n) is 9.80. The number of allylic oxidation sites excluding steroid dienone is 2. The van der Waals surface area contributed by atoms with Crippen molar-refractivity contribution in [2.45, 2.75) is 71.3 Å². The highest BCUT2D eigenvalue weighted by molar-refractivity contribution is 5.92. The van der Waals surface area contributed by atoms with Crippen LogP contribution in [0.2, 0.25) is 0 Å². The number of ketones is 2. The van der Waals surface area contributed by atoms with E-state index in [1.807, 2.05) is 6.08 Å². The van der Waals surface area contributed by atoms with E-state index < -0.39 is 5.60 Å². The van der Waals surface area contributed by atoms with Crippen molar-refractivity contribution in [2.75, 3.05) is 0 Å². The Bertz CT molecular complexity index is 704. The Morgan fingerprint density at radius 3 is 2.56 bits per heavy atom. The van der Waals surface area contributed by atoms with Crippen molar-refractivity contribution in [2.24, 2.45) is 28.6 Å². The molecule has 0 aromatic rings. The maximum Gasteiger partial charge on any atom is 0.161 e. The molecule has 0 aromatic heterocycles. The summed E-state index contributed by atoms with van der Waals surface area (Å²) in [7, 11) is 0. The first kappa shape index (κ1) is 17.2. The van der Waals surface area contributed by atoms with Gasteiger partial charge in [0.15, 0.2) is 11.6 Å². The molecule has 4 aliphatic carbocycles. The fourth-order valence-corrected chi connectivity index (χ4v) is 7.16. The van der Waals surface area contributed by atoms with E-state index in [1.165, 1.54) is 5.57 Å². The molecule has 6 atom stereocenters. The van der Waals surface area contributed by atoms with Crippen LogP contribution < -0.4 is 0 Å². The molecule has 3 nitrogen and oxygen atoms in total. The van der Waals surface area contributed by atoms with Crippen LogP contribution in [0.1, 0.15) is 65.7 Å². The van der Waals surface area contributed by atoms with Gasteiger partial charge in [-0.05, 0) is 80.3 Å². The van der Waals surface area contributed by atoms with Crippen molar-refractivity contribution >= 4 is 11.6 Å². The van der Waals surface area contributed by atoms with Gasteiger partial charge in [0.2, 0.25) is 0 Å². The van der Waals surface area contributed by atoms with Crippen molar-refractivity contribution in [1.29, 1.82) is 0 Å². The second-order valence-electron chi connectivity index (χ2n) is 9.54. The summed E-state index contributed by atoms with van der Waals surface area (Å²) in [6.07, 6.45) is 7.77. The van der Waals surface area contributed by atoms with E-state index in [2.05, 4.69) is 20.4 Å². The molecule has 0 bridgehead atoms. The Morgan fingerprint density at radius 2 is 1.88 bits per heavy atom. The third kappa shape index (κ3) is 2.02. The summed E-state index contributed by atoms with van der Waals surface area (Å²) in [5.74, 6) is 1.54. The first-order valence-corrected chi connectivity index (χ1v) is 9.80. The summed E-state index contributed by atoms with van der Waals surface area (Å²) in [5, 5.41) is 11.2. The molecule has 25 heavy (non-hydrogen) atoms. The van der Waals surface area contributed by atoms with Crippen LogP contribution in [0.25, 0.3) is 0 Å². The molecule has 3 saturated carbocycles. The lowest BCUT2D eigenvalue weighted by molar-refractivity contribution is -0.159. The average molecular weight is 342 g/mol. The third-order valence-electron chi connectivity index (χ3n) is 8.66. The van der Waals surface area contributed by atoms with Gasteiger partial charge in [0.1, 0.15) is 5.60 Å². The molecule has 0 saturated heterocycles. The number of hydrogen-bond donors (Lipinski definition) is 1. The van der Waals surface area contributed by atoms with Crippen LogP contribution in [-0.2, 0) is 9.59 Å². The number of fused-ring (bicyclic) bond motifs is 5. The topological polar surface area (TPSA) is 54.4 Å². The summed E-state index contributed by atoms with van der Waals surface area (Å²) in [6, 6.07) is 0. The molecule has 1 N–H and O–H groups in total. The van der Waals surface area contributed by atoms with Crippen LogP contribution in [0.15, 0.2) is 23.8 Å². The van der Waals surface area contributed by atoms with E-state index in [0.717, 1.165) is 37.7 Å². The smallest absolute Gasteiger partial charge is 0.161 e. The fraction of sp³-hybridized carbons (Fsp3) is 0.727. The lowest BCUT2D eigenvalue weighted by Crippen LogP contribution is -2.57. The zero-order valence-corrected chi connectivity index (χ0v) is 15.7. The second kappa shape index (κ2) is 5.16. The Hall–Kier alpha value is -1.22. The summed E-state index contributed by atoms with van der Waals surface area (Å²) in [6.45, 7) is 10.3. The van der Waals surface area contributed by atoms with Crippen LogP contribution in [0.4, 0.5) is 0 Å². The van der Waals surface area contributed by atoms with Gasteiger partial charge in [-0.3, -0.25) is 9.59 Å². The molecule has 0 spiro atoms. The van der Waals surface area contributed by atoms with Gasteiger partial charge in [-0.1, -0.05) is 26.0 Å². The molecule has 0 amide bonds. The fourth-order valence-electron chi connectivity index (χ4n) is 7.16. The van der Waals surface area contributed by atoms with Gasteiger partial charge < -0.3 is 5.11 Å². The number of rotatable bonds is 1. The van der Waals surface area contributed by atoms with Crippen LogP contribution in [0, 0.1) is 28.6 Å². The third-order valence-corrected chi connectivity index (χ3v) is 8.66. The number of carbonyl (C=O) groups is 2. The number of hydrogen-bond acceptors (Lipinski definition) is 3. The maximum absolute atomic E-state index is 12.3. The van der Waals surface area contributed by atoms with E-state index in [0.29, 0.717) is 30.6 Å². The maximum atomic E-state index is 12.3. The zero-order chi connectivity index (χ0) is 18.2. The Labute approximate surface area is 150 Å². The van der Waals surface area contributed by atoms with Crippen molar-refractivity contribution in [3.63, 3.8) is 0 Å². The van der Waals surface area contributed by atoms with Gasteiger partial charge in [0.05, 0.1) is 0 Å². The molecule has 0 unspecified atom stereocenters. The first-order chi connectivity index (χ1) is 11.6. The standard InChI is InChI=1S/C22H30O3/c1-13-11-16-17(20(3)8-5-15(24)12-19(13)20)6-9-21(4)18(16)7-10-22(21,25)14(2)23/h12,16-18,25H,1,5-11H2,2-4H3/t16-,17+,18-,20-,21-,22+/m0/s1. The van der Waals surface area contributed by atoms with Crippen molar-refractivity contribution in [1.82, 2.24) is 0 Å². The van der Waals surface area contributed by atoms with E-state index in [9.17, 15) is 14.7 Å². The van der Waals surface area contributed by atoms with Crippen molar-refractivity contribution in [3.05, 3.63) is 23.8 Å². The number of Topliss-reactive ketones (excluding diaryl/α,β-unsaturated/α-hetero) is 1. The van der Waals surface area contributed by atoms with Crippen LogP contribution in [0.5, 0.6) is 0 Å². The summed E-state index contributed by atoms with van der Waals surface area (Å²) in [4.78, 5) is 24.2. The molecular formula is C22H30O3. The lowest BCUT2D eigenvalue weighted by Gasteiger charge is -2.59. The van der Waals surface area contributed by atoms with Crippen LogP contribution in [-0.4, -0.2) is 22.3 Å². The Morgan fingerprint density at radius 1 is 1.20 bits per heavy atom. The van der Waals surface area contributed by atoms with Gasteiger partial charge in [-0.15, -0.1) is 0 Å². The molecular weight excluding hydrogens is 312 g/mol. The summed E-state index contributed by atoms with van der Waals surface area (Å²) in [5.41, 5.74) is 0.852. The molecule has 0 aromatic carbocycles. The van der Waals surface area contributed by atoms with E-state index in [1.54, 1.807) is 6.92 Å². The molecule has 3 heteroatoms. The normalized spacial score (nSPS) is 49.1. The van der Waals surface area contributed by atoms with Crippen molar-refractivity contribution in [3.8, 4) is 0 Å². The van der Waals surface area contributed by atoms with E-state index in [-0.39, 0.29) is 22.4 Å². The minimum Gasteiger partial charge on any atom is -0.382 e. The zero-order valence-electron chi connectivity index (χ0n) is 15.7. The summed E-state index contributed by atoms with van der Waals surface area (Å²) >= 11 is 0. The molecule has 0 aliphatic heterocycles. The lowest BCUT2D eigenvalue weighted by atomic mass is 9.45. The molecule has 0 heterocycles. The second-order valence-corrected chi connectivity index (χ2v) is 9.54. The Kier molecular flexibility index (Phi) is 3.55. The van der Waals surface area contributed by atoms with Gasteiger partial charge >= 0.3 is 0 Å². The van der Waals surface area contributed by atoms with E-state index in [4.69, 9.17) is 0 Å². The highest BCUT2D eigenvalue weighted by Crippen LogP contribution is 2.68. The predicted octanol–water partition coefficient (Wildman–Crippen LogP) is 4.00. The molecule has 4 aliphatic rings.